The lowest BCUT2D eigenvalue weighted by Crippen LogP contribution is -2.20. The van der Waals surface area contributed by atoms with Gasteiger partial charge in [0, 0.05) is 12.5 Å². The van der Waals surface area contributed by atoms with Crippen molar-refractivity contribution in [1.82, 2.24) is 5.32 Å². The number of benzene rings is 1. The number of halogens is 2. The fraction of sp³-hybridized carbons (Fsp3) is 0.385. The summed E-state index contributed by atoms with van der Waals surface area (Å²) >= 11 is 0. The first-order valence-corrected chi connectivity index (χ1v) is 5.39. The molecular formula is C13H15F2NO. The van der Waals surface area contributed by atoms with Gasteiger partial charge in [0.25, 0.3) is 0 Å². The van der Waals surface area contributed by atoms with Crippen LogP contribution in [0.5, 0.6) is 5.75 Å². The Labute approximate surface area is 100.0 Å². The van der Waals surface area contributed by atoms with Gasteiger partial charge in [0.1, 0.15) is 5.75 Å². The zero-order chi connectivity index (χ0) is 12.7. The first-order chi connectivity index (χ1) is 8.17. The minimum Gasteiger partial charge on any atom is -0.435 e. The minimum absolute atomic E-state index is 0.0469. The molecule has 2 nitrogen and oxygen atoms in total. The van der Waals surface area contributed by atoms with Gasteiger partial charge in [-0.3, -0.25) is 0 Å². The lowest BCUT2D eigenvalue weighted by Gasteiger charge is -2.16. The SMILES string of the molecule is C#CCC(NCC)c1ccc(OC(F)F)cc1. The Morgan fingerprint density at radius 2 is 2.00 bits per heavy atom. The largest absolute Gasteiger partial charge is 0.435 e. The monoisotopic (exact) mass is 239 g/mol. The summed E-state index contributed by atoms with van der Waals surface area (Å²) in [6.07, 6.45) is 5.84. The van der Waals surface area contributed by atoms with E-state index in [0.717, 1.165) is 12.1 Å². The summed E-state index contributed by atoms with van der Waals surface area (Å²) < 4.78 is 28.2. The first-order valence-electron chi connectivity index (χ1n) is 5.39. The summed E-state index contributed by atoms with van der Waals surface area (Å²) in [4.78, 5) is 0. The third-order valence-corrected chi connectivity index (χ3v) is 2.28. The van der Waals surface area contributed by atoms with E-state index < -0.39 is 6.61 Å². The van der Waals surface area contributed by atoms with Gasteiger partial charge >= 0.3 is 6.61 Å². The zero-order valence-corrected chi connectivity index (χ0v) is 9.62. The van der Waals surface area contributed by atoms with E-state index in [1.54, 1.807) is 12.1 Å². The van der Waals surface area contributed by atoms with Crippen molar-refractivity contribution >= 4 is 0 Å². The molecule has 1 atom stereocenters. The molecule has 0 aliphatic heterocycles. The highest BCUT2D eigenvalue weighted by Crippen LogP contribution is 2.21. The van der Waals surface area contributed by atoms with E-state index in [1.807, 2.05) is 6.92 Å². The van der Waals surface area contributed by atoms with Crippen molar-refractivity contribution in [3.63, 3.8) is 0 Å². The van der Waals surface area contributed by atoms with Gasteiger partial charge < -0.3 is 10.1 Å². The van der Waals surface area contributed by atoms with Crippen LogP contribution in [0.25, 0.3) is 0 Å². The number of hydrogen-bond donors (Lipinski definition) is 1. The predicted octanol–water partition coefficient (Wildman–Crippen LogP) is 2.96. The van der Waals surface area contributed by atoms with E-state index in [9.17, 15) is 8.78 Å². The average molecular weight is 239 g/mol. The van der Waals surface area contributed by atoms with Gasteiger partial charge in [-0.05, 0) is 24.2 Å². The molecule has 4 heteroatoms. The standard InChI is InChI=1S/C13H15F2NO/c1-3-5-12(16-4-2)10-6-8-11(9-7-10)17-13(14)15/h1,6-9,12-13,16H,4-5H2,2H3. The third-order valence-electron chi connectivity index (χ3n) is 2.28. The molecule has 1 aromatic rings. The van der Waals surface area contributed by atoms with Crippen LogP contribution in [0.1, 0.15) is 24.9 Å². The van der Waals surface area contributed by atoms with E-state index in [2.05, 4.69) is 16.0 Å². The molecule has 0 aliphatic carbocycles. The second-order valence-corrected chi connectivity index (χ2v) is 3.47. The van der Waals surface area contributed by atoms with Crippen LogP contribution < -0.4 is 10.1 Å². The molecule has 92 valence electrons. The lowest BCUT2D eigenvalue weighted by molar-refractivity contribution is -0.0498. The number of terminal acetylenes is 1. The summed E-state index contributed by atoms with van der Waals surface area (Å²) in [5.74, 6) is 2.74. The fourth-order valence-corrected chi connectivity index (χ4v) is 1.55. The summed E-state index contributed by atoms with van der Waals surface area (Å²) in [6, 6.07) is 6.56. The Kier molecular flexibility index (Phi) is 5.44. The zero-order valence-electron chi connectivity index (χ0n) is 9.62. The van der Waals surface area contributed by atoms with Crippen molar-refractivity contribution in [2.75, 3.05) is 6.54 Å². The van der Waals surface area contributed by atoms with Crippen LogP contribution in [0.2, 0.25) is 0 Å². The average Bonchev–Trinajstić information content (AvgIpc) is 2.29. The second-order valence-electron chi connectivity index (χ2n) is 3.47. The maximum absolute atomic E-state index is 12.0. The van der Waals surface area contributed by atoms with Crippen molar-refractivity contribution in [1.29, 1.82) is 0 Å². The van der Waals surface area contributed by atoms with E-state index in [1.165, 1.54) is 12.1 Å². The van der Waals surface area contributed by atoms with Gasteiger partial charge in [-0.15, -0.1) is 12.3 Å². The predicted molar refractivity (Wildman–Crippen MR) is 62.9 cm³/mol. The van der Waals surface area contributed by atoms with Crippen LogP contribution in [-0.2, 0) is 0 Å². The number of hydrogen-bond acceptors (Lipinski definition) is 2. The molecule has 0 fully saturated rings. The van der Waals surface area contributed by atoms with Crippen LogP contribution in [0.4, 0.5) is 8.78 Å². The smallest absolute Gasteiger partial charge is 0.387 e. The highest BCUT2D eigenvalue weighted by Gasteiger charge is 2.09. The molecule has 1 aromatic carbocycles. The summed E-state index contributed by atoms with van der Waals surface area (Å²) in [5.41, 5.74) is 0.964. The molecule has 17 heavy (non-hydrogen) atoms. The van der Waals surface area contributed by atoms with E-state index in [0.29, 0.717) is 6.42 Å². The van der Waals surface area contributed by atoms with Gasteiger partial charge in [-0.1, -0.05) is 19.1 Å². The Balaban J connectivity index is 2.73. The highest BCUT2D eigenvalue weighted by atomic mass is 19.3. The molecule has 0 spiro atoms. The van der Waals surface area contributed by atoms with Gasteiger partial charge in [0.2, 0.25) is 0 Å². The van der Waals surface area contributed by atoms with Crippen LogP contribution in [0.15, 0.2) is 24.3 Å². The number of rotatable bonds is 6. The second kappa shape index (κ2) is 6.87. The Morgan fingerprint density at radius 3 is 2.47 bits per heavy atom. The quantitative estimate of drug-likeness (QED) is 0.771. The van der Waals surface area contributed by atoms with Gasteiger partial charge in [-0.25, -0.2) is 0 Å². The fourth-order valence-electron chi connectivity index (χ4n) is 1.55. The van der Waals surface area contributed by atoms with Crippen LogP contribution >= 0.6 is 0 Å². The topological polar surface area (TPSA) is 21.3 Å². The van der Waals surface area contributed by atoms with E-state index in [-0.39, 0.29) is 11.8 Å². The normalized spacial score (nSPS) is 12.2. The maximum Gasteiger partial charge on any atom is 0.387 e. The van der Waals surface area contributed by atoms with Crippen molar-refractivity contribution in [3.05, 3.63) is 29.8 Å². The maximum atomic E-state index is 12.0. The molecule has 0 amide bonds. The van der Waals surface area contributed by atoms with Crippen LogP contribution in [0, 0.1) is 12.3 Å². The molecule has 0 saturated carbocycles. The Bertz CT molecular complexity index is 370. The molecule has 0 aromatic heterocycles. The van der Waals surface area contributed by atoms with E-state index >= 15 is 0 Å². The molecule has 1 N–H and O–H groups in total. The van der Waals surface area contributed by atoms with Crippen molar-refractivity contribution in [2.45, 2.75) is 26.0 Å². The third kappa shape index (κ3) is 4.41. The summed E-state index contributed by atoms with van der Waals surface area (Å²) in [6.45, 7) is -0.0180. The Hall–Kier alpha value is -1.60. The van der Waals surface area contributed by atoms with Crippen molar-refractivity contribution < 1.29 is 13.5 Å². The summed E-state index contributed by atoms with van der Waals surface area (Å²) in [7, 11) is 0. The molecule has 0 aliphatic rings. The lowest BCUT2D eigenvalue weighted by atomic mass is 10.0. The van der Waals surface area contributed by atoms with Crippen molar-refractivity contribution in [2.24, 2.45) is 0 Å². The molecular weight excluding hydrogens is 224 g/mol. The van der Waals surface area contributed by atoms with Gasteiger partial charge in [-0.2, -0.15) is 8.78 Å². The molecule has 0 bridgehead atoms. The minimum atomic E-state index is -2.80. The Morgan fingerprint density at radius 1 is 1.35 bits per heavy atom. The van der Waals surface area contributed by atoms with Gasteiger partial charge in [0.05, 0.1) is 0 Å². The molecule has 0 heterocycles. The van der Waals surface area contributed by atoms with Crippen LogP contribution in [-0.4, -0.2) is 13.2 Å². The molecule has 0 radical (unpaired) electrons. The number of nitrogens with one attached hydrogen (secondary N) is 1. The molecule has 1 rings (SSSR count). The van der Waals surface area contributed by atoms with E-state index in [4.69, 9.17) is 6.42 Å². The number of alkyl halides is 2. The molecule has 1 unspecified atom stereocenters. The number of ether oxygens (including phenoxy) is 1. The van der Waals surface area contributed by atoms with Crippen molar-refractivity contribution in [3.8, 4) is 18.1 Å². The van der Waals surface area contributed by atoms with Gasteiger partial charge in [0.15, 0.2) is 0 Å². The first kappa shape index (κ1) is 13.5. The molecule has 0 saturated heterocycles. The summed E-state index contributed by atoms with van der Waals surface area (Å²) in [5, 5.41) is 3.23. The van der Waals surface area contributed by atoms with Crippen LogP contribution in [0.3, 0.4) is 0 Å². The highest BCUT2D eigenvalue weighted by molar-refractivity contribution is 5.29.